The van der Waals surface area contributed by atoms with Crippen molar-refractivity contribution in [2.24, 2.45) is 5.92 Å². The van der Waals surface area contributed by atoms with Gasteiger partial charge in [-0.25, -0.2) is 4.98 Å². The summed E-state index contributed by atoms with van der Waals surface area (Å²) in [6, 6.07) is 3.77. The van der Waals surface area contributed by atoms with Gasteiger partial charge in [-0.1, -0.05) is 0 Å². The highest BCUT2D eigenvalue weighted by molar-refractivity contribution is 6.44. The molecule has 9 nitrogen and oxygen atoms in total. The zero-order chi connectivity index (χ0) is 25.8. The first kappa shape index (κ1) is 26.1. The van der Waals surface area contributed by atoms with E-state index in [0.717, 1.165) is 12.8 Å². The number of pyridine rings is 1. The first-order valence-electron chi connectivity index (χ1n) is 11.8. The maximum absolute atomic E-state index is 14.9. The predicted octanol–water partition coefficient (Wildman–Crippen LogP) is 4.55. The molecule has 36 heavy (non-hydrogen) atoms. The summed E-state index contributed by atoms with van der Waals surface area (Å²) in [5.74, 6) is -1.11. The molecule has 12 heteroatoms. The normalized spacial score (nSPS) is 14.2. The molecule has 1 saturated carbocycles. The Balaban J connectivity index is 1.47. The van der Waals surface area contributed by atoms with Gasteiger partial charge in [-0.15, -0.1) is 23.2 Å². The number of nitrogens with one attached hydrogen (secondary N) is 3. The van der Waals surface area contributed by atoms with Crippen LogP contribution in [-0.4, -0.2) is 47.7 Å². The van der Waals surface area contributed by atoms with Crippen molar-refractivity contribution >= 4 is 40.8 Å². The number of aromatic nitrogens is 5. The standard InChI is InChI=1S/C24H28Cl2FN7O2/c1-13-21(14(2)33-32-13)16-8-9-20(30-22(16)27)31-23(35)17(4-3-5-19(25)26)29-24(36)18-10-11-28-34(18)12-15-6-7-15/h8-11,15,17,19H,3-7,12H2,1-2H3,(H,29,36)(H,32,33)(H,30,31,35)/t17-/m0/s1. The number of carbonyl (C=O) groups is 2. The topological polar surface area (TPSA) is 118 Å². The summed E-state index contributed by atoms with van der Waals surface area (Å²) in [4.78, 5) is 29.4. The van der Waals surface area contributed by atoms with Crippen LogP contribution in [0.4, 0.5) is 10.2 Å². The molecule has 0 aliphatic heterocycles. The van der Waals surface area contributed by atoms with E-state index in [0.29, 0.717) is 47.9 Å². The van der Waals surface area contributed by atoms with Gasteiger partial charge in [-0.05, 0) is 70.1 Å². The van der Waals surface area contributed by atoms with Gasteiger partial charge in [0.05, 0.1) is 5.69 Å². The van der Waals surface area contributed by atoms with Gasteiger partial charge in [0.2, 0.25) is 11.9 Å². The monoisotopic (exact) mass is 535 g/mol. The molecule has 1 fully saturated rings. The Morgan fingerprint density at radius 2 is 2.00 bits per heavy atom. The van der Waals surface area contributed by atoms with Gasteiger partial charge in [-0.2, -0.15) is 14.6 Å². The Bertz CT molecular complexity index is 1220. The van der Waals surface area contributed by atoms with Crippen molar-refractivity contribution in [2.45, 2.75) is 63.4 Å². The molecule has 3 aromatic rings. The lowest BCUT2D eigenvalue weighted by molar-refractivity contribution is -0.118. The minimum Gasteiger partial charge on any atom is -0.339 e. The Hall–Kier alpha value is -2.98. The minimum absolute atomic E-state index is 0.0330. The number of hydrogen-bond acceptors (Lipinski definition) is 5. The van der Waals surface area contributed by atoms with Crippen molar-refractivity contribution < 1.29 is 14.0 Å². The first-order valence-corrected chi connectivity index (χ1v) is 12.7. The fourth-order valence-electron chi connectivity index (χ4n) is 4.04. The molecular weight excluding hydrogens is 508 g/mol. The number of amides is 2. The van der Waals surface area contributed by atoms with E-state index in [1.807, 2.05) is 0 Å². The van der Waals surface area contributed by atoms with Crippen LogP contribution in [0.15, 0.2) is 24.4 Å². The van der Waals surface area contributed by atoms with Crippen LogP contribution >= 0.6 is 23.2 Å². The fraction of sp³-hybridized carbons (Fsp3) is 0.458. The number of aromatic amines is 1. The van der Waals surface area contributed by atoms with E-state index < -0.39 is 28.6 Å². The van der Waals surface area contributed by atoms with E-state index in [1.54, 1.807) is 36.9 Å². The van der Waals surface area contributed by atoms with E-state index in [4.69, 9.17) is 23.2 Å². The van der Waals surface area contributed by atoms with Crippen LogP contribution in [0.3, 0.4) is 0 Å². The minimum atomic E-state index is -0.906. The Labute approximate surface area is 218 Å². The molecule has 1 aliphatic carbocycles. The van der Waals surface area contributed by atoms with Gasteiger partial charge in [0, 0.05) is 29.6 Å². The van der Waals surface area contributed by atoms with Gasteiger partial charge in [0.25, 0.3) is 5.91 Å². The van der Waals surface area contributed by atoms with E-state index in [-0.39, 0.29) is 17.8 Å². The molecule has 192 valence electrons. The average molecular weight is 536 g/mol. The van der Waals surface area contributed by atoms with Crippen molar-refractivity contribution in [1.82, 2.24) is 30.3 Å². The number of aryl methyl sites for hydroxylation is 2. The summed E-state index contributed by atoms with van der Waals surface area (Å²) in [5.41, 5.74) is 2.64. The van der Waals surface area contributed by atoms with Crippen LogP contribution in [0.2, 0.25) is 0 Å². The lowest BCUT2D eigenvalue weighted by Crippen LogP contribution is -2.44. The molecule has 0 radical (unpaired) electrons. The third-order valence-corrected chi connectivity index (χ3v) is 6.55. The van der Waals surface area contributed by atoms with Gasteiger partial charge < -0.3 is 10.6 Å². The number of carbonyl (C=O) groups excluding carboxylic acids is 2. The van der Waals surface area contributed by atoms with Crippen molar-refractivity contribution in [3.8, 4) is 11.1 Å². The quantitative estimate of drug-likeness (QED) is 0.246. The summed E-state index contributed by atoms with van der Waals surface area (Å²) in [5, 5.41) is 16.5. The highest BCUT2D eigenvalue weighted by Gasteiger charge is 2.27. The number of alkyl halides is 2. The smallest absolute Gasteiger partial charge is 0.270 e. The van der Waals surface area contributed by atoms with Crippen molar-refractivity contribution in [3.63, 3.8) is 0 Å². The van der Waals surface area contributed by atoms with Gasteiger partial charge in [-0.3, -0.25) is 19.4 Å². The summed E-state index contributed by atoms with van der Waals surface area (Å²) < 4.78 is 16.5. The van der Waals surface area contributed by atoms with Crippen LogP contribution in [-0.2, 0) is 11.3 Å². The number of hydrogen-bond donors (Lipinski definition) is 3. The van der Waals surface area contributed by atoms with Crippen LogP contribution < -0.4 is 10.6 Å². The summed E-state index contributed by atoms with van der Waals surface area (Å²) >= 11 is 11.7. The molecule has 3 heterocycles. The Morgan fingerprint density at radius 3 is 2.64 bits per heavy atom. The third kappa shape index (κ3) is 6.41. The Morgan fingerprint density at radius 1 is 1.22 bits per heavy atom. The molecule has 0 spiro atoms. The zero-order valence-corrected chi connectivity index (χ0v) is 21.5. The van der Waals surface area contributed by atoms with Gasteiger partial charge in [0.15, 0.2) is 0 Å². The zero-order valence-electron chi connectivity index (χ0n) is 20.0. The van der Waals surface area contributed by atoms with Crippen LogP contribution in [0.1, 0.15) is 54.0 Å². The maximum atomic E-state index is 14.9. The Kier molecular flexibility index (Phi) is 8.25. The number of H-pyrrole nitrogens is 1. The lowest BCUT2D eigenvalue weighted by atomic mass is 10.1. The maximum Gasteiger partial charge on any atom is 0.270 e. The second-order valence-electron chi connectivity index (χ2n) is 9.02. The van der Waals surface area contributed by atoms with E-state index in [2.05, 4.69) is 30.9 Å². The van der Waals surface area contributed by atoms with Crippen molar-refractivity contribution in [2.75, 3.05) is 5.32 Å². The van der Waals surface area contributed by atoms with Crippen molar-refractivity contribution in [1.29, 1.82) is 0 Å². The van der Waals surface area contributed by atoms with E-state index in [1.165, 1.54) is 6.07 Å². The number of nitrogens with zero attached hydrogens (tertiary/aromatic N) is 4. The third-order valence-electron chi connectivity index (χ3n) is 6.11. The molecule has 2 amide bonds. The lowest BCUT2D eigenvalue weighted by Gasteiger charge is -2.19. The van der Waals surface area contributed by atoms with Crippen LogP contribution in [0.5, 0.6) is 0 Å². The highest BCUT2D eigenvalue weighted by atomic mass is 35.5. The van der Waals surface area contributed by atoms with E-state index >= 15 is 0 Å². The van der Waals surface area contributed by atoms with Gasteiger partial charge in [0.1, 0.15) is 22.4 Å². The van der Waals surface area contributed by atoms with Crippen LogP contribution in [0.25, 0.3) is 11.1 Å². The molecule has 3 N–H and O–H groups in total. The number of rotatable bonds is 11. The molecule has 1 aliphatic rings. The predicted molar refractivity (Wildman–Crippen MR) is 135 cm³/mol. The second-order valence-corrected chi connectivity index (χ2v) is 10.3. The summed E-state index contributed by atoms with van der Waals surface area (Å²) in [7, 11) is 0. The summed E-state index contributed by atoms with van der Waals surface area (Å²) in [6.45, 7) is 4.22. The van der Waals surface area contributed by atoms with Crippen LogP contribution in [0, 0.1) is 25.7 Å². The number of halogens is 3. The first-order chi connectivity index (χ1) is 17.2. The van der Waals surface area contributed by atoms with Crippen molar-refractivity contribution in [3.05, 3.63) is 47.4 Å². The highest BCUT2D eigenvalue weighted by Crippen LogP contribution is 2.31. The number of anilines is 1. The molecule has 0 aromatic carbocycles. The molecule has 0 saturated heterocycles. The second kappa shape index (κ2) is 11.4. The molecule has 1 atom stereocenters. The SMILES string of the molecule is Cc1n[nH]c(C)c1-c1ccc(NC(=O)[C@H](CCCC(Cl)Cl)NC(=O)c2ccnn2CC2CC2)nc1F. The molecule has 3 aromatic heterocycles. The molecule has 0 unspecified atom stereocenters. The fourth-order valence-corrected chi connectivity index (χ4v) is 4.35. The molecule has 4 rings (SSSR count). The average Bonchev–Trinajstić information content (AvgIpc) is 3.41. The largest absolute Gasteiger partial charge is 0.339 e. The molecule has 0 bridgehead atoms. The van der Waals surface area contributed by atoms with E-state index in [9.17, 15) is 14.0 Å². The van der Waals surface area contributed by atoms with Gasteiger partial charge >= 0.3 is 0 Å². The summed E-state index contributed by atoms with van der Waals surface area (Å²) in [6.07, 6.45) is 5.04. The molecular formula is C24H28Cl2FN7O2.